The summed E-state index contributed by atoms with van der Waals surface area (Å²) >= 11 is 0. The van der Waals surface area contributed by atoms with Gasteiger partial charge in [-0.1, -0.05) is 42.5 Å². The van der Waals surface area contributed by atoms with Gasteiger partial charge < -0.3 is 4.57 Å². The minimum atomic E-state index is -0.371. The molecule has 3 aromatic rings. The first-order chi connectivity index (χ1) is 10.2. The van der Waals surface area contributed by atoms with E-state index in [1.54, 1.807) is 12.1 Å². The van der Waals surface area contributed by atoms with Crippen molar-refractivity contribution < 1.29 is 4.92 Å². The van der Waals surface area contributed by atoms with E-state index < -0.39 is 0 Å². The van der Waals surface area contributed by atoms with Gasteiger partial charge in [-0.3, -0.25) is 10.1 Å². The van der Waals surface area contributed by atoms with Gasteiger partial charge in [-0.05, 0) is 22.8 Å². The summed E-state index contributed by atoms with van der Waals surface area (Å²) in [6.45, 7) is 0.787. The van der Waals surface area contributed by atoms with Crippen molar-refractivity contribution in [1.82, 2.24) is 4.57 Å². The molecule has 0 spiro atoms. The van der Waals surface area contributed by atoms with E-state index in [0.717, 1.165) is 17.7 Å². The molecule has 104 valence electrons. The highest BCUT2D eigenvalue weighted by molar-refractivity contribution is 5.65. The molecule has 0 atom stereocenters. The average Bonchev–Trinajstić information content (AvgIpc) is 2.97. The number of aromatic nitrogens is 1. The van der Waals surface area contributed by atoms with E-state index >= 15 is 0 Å². The second-order valence-electron chi connectivity index (χ2n) is 4.87. The average molecular weight is 278 g/mol. The zero-order valence-electron chi connectivity index (χ0n) is 11.3. The predicted molar refractivity (Wildman–Crippen MR) is 82.1 cm³/mol. The van der Waals surface area contributed by atoms with Crippen LogP contribution in [0.4, 0.5) is 5.69 Å². The minimum absolute atomic E-state index is 0.114. The number of nitro groups is 1. The topological polar surface area (TPSA) is 48.1 Å². The van der Waals surface area contributed by atoms with Crippen molar-refractivity contribution in [2.45, 2.75) is 6.54 Å². The van der Waals surface area contributed by atoms with Gasteiger partial charge in [0.2, 0.25) is 0 Å². The fourth-order valence-corrected chi connectivity index (χ4v) is 2.30. The third-order valence-corrected chi connectivity index (χ3v) is 3.35. The van der Waals surface area contributed by atoms with Gasteiger partial charge >= 0.3 is 0 Å². The lowest BCUT2D eigenvalue weighted by molar-refractivity contribution is -0.384. The number of non-ortho nitro benzene ring substituents is 1. The van der Waals surface area contributed by atoms with Crippen LogP contribution in [0.2, 0.25) is 0 Å². The van der Waals surface area contributed by atoms with Crippen molar-refractivity contribution in [2.75, 3.05) is 0 Å². The monoisotopic (exact) mass is 278 g/mol. The quantitative estimate of drug-likeness (QED) is 0.532. The maximum atomic E-state index is 10.8. The summed E-state index contributed by atoms with van der Waals surface area (Å²) in [5.41, 5.74) is 3.17. The van der Waals surface area contributed by atoms with Crippen LogP contribution in [0.1, 0.15) is 5.56 Å². The van der Waals surface area contributed by atoms with Gasteiger partial charge in [0.05, 0.1) is 4.92 Å². The summed E-state index contributed by atoms with van der Waals surface area (Å²) in [5.74, 6) is 0. The molecule has 0 unspecified atom stereocenters. The lowest BCUT2D eigenvalue weighted by Gasteiger charge is -2.02. The van der Waals surface area contributed by atoms with Crippen molar-refractivity contribution in [2.24, 2.45) is 0 Å². The predicted octanol–water partition coefficient (Wildman–Crippen LogP) is 4.11. The Balaban J connectivity index is 1.85. The van der Waals surface area contributed by atoms with E-state index in [4.69, 9.17) is 0 Å². The van der Waals surface area contributed by atoms with E-state index in [1.807, 2.05) is 42.7 Å². The highest BCUT2D eigenvalue weighted by atomic mass is 16.6. The molecule has 0 bridgehead atoms. The summed E-state index contributed by atoms with van der Waals surface area (Å²) in [4.78, 5) is 10.5. The van der Waals surface area contributed by atoms with Crippen molar-refractivity contribution in [1.29, 1.82) is 0 Å². The Morgan fingerprint density at radius 2 is 1.76 bits per heavy atom. The molecule has 0 saturated heterocycles. The molecule has 1 aromatic heterocycles. The van der Waals surface area contributed by atoms with Crippen LogP contribution in [0.15, 0.2) is 73.1 Å². The number of hydrogen-bond acceptors (Lipinski definition) is 2. The number of nitrogens with zero attached hydrogens (tertiary/aromatic N) is 2. The van der Waals surface area contributed by atoms with Crippen molar-refractivity contribution in [3.05, 3.63) is 88.7 Å². The highest BCUT2D eigenvalue weighted by Gasteiger charge is 2.08. The molecule has 21 heavy (non-hydrogen) atoms. The van der Waals surface area contributed by atoms with Gasteiger partial charge in [-0.2, -0.15) is 0 Å². The van der Waals surface area contributed by atoms with Crippen LogP contribution in [0.25, 0.3) is 11.1 Å². The first-order valence-corrected chi connectivity index (χ1v) is 6.67. The SMILES string of the molecule is O=[N+]([O-])c1cccc(-c2ccn(Cc3ccccc3)c2)c1. The maximum absolute atomic E-state index is 10.8. The van der Waals surface area contributed by atoms with Crippen LogP contribution < -0.4 is 0 Å². The molecular weight excluding hydrogens is 264 g/mol. The summed E-state index contributed by atoms with van der Waals surface area (Å²) in [6, 6.07) is 18.8. The zero-order chi connectivity index (χ0) is 14.7. The Morgan fingerprint density at radius 3 is 2.52 bits per heavy atom. The fourth-order valence-electron chi connectivity index (χ4n) is 2.30. The minimum Gasteiger partial charge on any atom is -0.349 e. The molecule has 2 aromatic carbocycles. The van der Waals surface area contributed by atoms with Crippen molar-refractivity contribution in [3.63, 3.8) is 0 Å². The Hall–Kier alpha value is -2.88. The van der Waals surface area contributed by atoms with Crippen LogP contribution in [0.3, 0.4) is 0 Å². The van der Waals surface area contributed by atoms with Crippen LogP contribution in [-0.2, 0) is 6.54 Å². The molecule has 4 heteroatoms. The first kappa shape index (κ1) is 13.1. The van der Waals surface area contributed by atoms with E-state index in [1.165, 1.54) is 11.6 Å². The number of nitro benzene ring substituents is 1. The maximum Gasteiger partial charge on any atom is 0.270 e. The molecule has 3 rings (SSSR count). The standard InChI is InChI=1S/C17H14N2O2/c20-19(21)17-8-4-7-15(11-17)16-9-10-18(13-16)12-14-5-2-1-3-6-14/h1-11,13H,12H2. The lowest BCUT2D eigenvalue weighted by Crippen LogP contribution is -1.95. The van der Waals surface area contributed by atoms with E-state index in [-0.39, 0.29) is 10.6 Å². The van der Waals surface area contributed by atoms with E-state index in [0.29, 0.717) is 0 Å². The normalized spacial score (nSPS) is 10.5. The van der Waals surface area contributed by atoms with Crippen LogP contribution >= 0.6 is 0 Å². The number of rotatable bonds is 4. The largest absolute Gasteiger partial charge is 0.349 e. The summed E-state index contributed by atoms with van der Waals surface area (Å²) < 4.78 is 2.07. The van der Waals surface area contributed by atoms with Gasteiger partial charge in [0.25, 0.3) is 5.69 Å². The summed E-state index contributed by atoms with van der Waals surface area (Å²) in [6.07, 6.45) is 3.99. The smallest absolute Gasteiger partial charge is 0.270 e. The third-order valence-electron chi connectivity index (χ3n) is 3.35. The first-order valence-electron chi connectivity index (χ1n) is 6.67. The third kappa shape index (κ3) is 3.00. The van der Waals surface area contributed by atoms with Gasteiger partial charge in [0, 0.05) is 31.1 Å². The van der Waals surface area contributed by atoms with E-state index in [2.05, 4.69) is 16.7 Å². The molecule has 0 aliphatic carbocycles. The van der Waals surface area contributed by atoms with Crippen molar-refractivity contribution in [3.8, 4) is 11.1 Å². The molecule has 1 heterocycles. The van der Waals surface area contributed by atoms with Crippen LogP contribution in [-0.4, -0.2) is 9.49 Å². The molecule has 0 N–H and O–H groups in total. The molecule has 0 saturated carbocycles. The molecule has 4 nitrogen and oxygen atoms in total. The molecule has 0 amide bonds. The Labute approximate surface area is 122 Å². The summed E-state index contributed by atoms with van der Waals surface area (Å²) in [5, 5.41) is 10.8. The molecular formula is C17H14N2O2. The Morgan fingerprint density at radius 1 is 0.952 bits per heavy atom. The van der Waals surface area contributed by atoms with Gasteiger partial charge in [-0.15, -0.1) is 0 Å². The zero-order valence-corrected chi connectivity index (χ0v) is 11.3. The van der Waals surface area contributed by atoms with Crippen molar-refractivity contribution >= 4 is 5.69 Å². The van der Waals surface area contributed by atoms with Crippen LogP contribution in [0, 0.1) is 10.1 Å². The lowest BCUT2D eigenvalue weighted by atomic mass is 10.1. The Bertz CT molecular complexity index is 763. The number of hydrogen-bond donors (Lipinski definition) is 0. The molecule has 0 aliphatic heterocycles. The molecule has 0 fully saturated rings. The summed E-state index contributed by atoms with van der Waals surface area (Å²) in [7, 11) is 0. The highest BCUT2D eigenvalue weighted by Crippen LogP contribution is 2.24. The molecule has 0 aliphatic rings. The molecule has 0 radical (unpaired) electrons. The van der Waals surface area contributed by atoms with Gasteiger partial charge in [0.1, 0.15) is 0 Å². The van der Waals surface area contributed by atoms with E-state index in [9.17, 15) is 10.1 Å². The van der Waals surface area contributed by atoms with Crippen LogP contribution in [0.5, 0.6) is 0 Å². The number of benzene rings is 2. The van der Waals surface area contributed by atoms with Gasteiger partial charge in [-0.25, -0.2) is 0 Å². The second-order valence-corrected chi connectivity index (χ2v) is 4.87. The van der Waals surface area contributed by atoms with Gasteiger partial charge in [0.15, 0.2) is 0 Å². The Kier molecular flexibility index (Phi) is 3.51. The fraction of sp³-hybridized carbons (Fsp3) is 0.0588. The second kappa shape index (κ2) is 5.63.